The van der Waals surface area contributed by atoms with Crippen LogP contribution in [0.4, 0.5) is 4.79 Å². The molecule has 0 aliphatic carbocycles. The molecule has 0 unspecified atom stereocenters. The second kappa shape index (κ2) is 5.03. The van der Waals surface area contributed by atoms with Crippen LogP contribution >= 0.6 is 11.8 Å². The Bertz CT molecular complexity index is 413. The quantitative estimate of drug-likeness (QED) is 0.741. The van der Waals surface area contributed by atoms with Gasteiger partial charge in [0.25, 0.3) is 5.24 Å². The number of hydrogen-bond donors (Lipinski definition) is 0. The zero-order valence-corrected chi connectivity index (χ0v) is 9.69. The fourth-order valence-corrected chi connectivity index (χ4v) is 2.67. The zero-order valence-electron chi connectivity index (χ0n) is 8.87. The van der Waals surface area contributed by atoms with E-state index in [2.05, 4.69) is 18.7 Å². The highest BCUT2D eigenvalue weighted by Crippen LogP contribution is 2.35. The van der Waals surface area contributed by atoms with Gasteiger partial charge in [0.2, 0.25) is 0 Å². The molecule has 2 rings (SSSR count). The van der Waals surface area contributed by atoms with Gasteiger partial charge in [-0.15, -0.1) is 0 Å². The molecule has 2 nitrogen and oxygen atoms in total. The van der Waals surface area contributed by atoms with Crippen LogP contribution in [0.2, 0.25) is 0 Å². The maximum Gasteiger partial charge on any atom is 0.286 e. The minimum Gasteiger partial charge on any atom is -0.302 e. The van der Waals surface area contributed by atoms with Crippen molar-refractivity contribution in [3.05, 3.63) is 60.8 Å². The predicted molar refractivity (Wildman–Crippen MR) is 68.2 cm³/mol. The molecular weight excluding hydrogens is 218 g/mol. The Morgan fingerprint density at radius 1 is 1.38 bits per heavy atom. The largest absolute Gasteiger partial charge is 0.302 e. The van der Waals surface area contributed by atoms with Crippen LogP contribution in [0.3, 0.4) is 0 Å². The molecule has 0 saturated carbocycles. The van der Waals surface area contributed by atoms with Crippen LogP contribution in [0.15, 0.2) is 55.3 Å². The number of nitrogens with zero attached hydrogens (tertiary/aromatic N) is 1. The van der Waals surface area contributed by atoms with Gasteiger partial charge in [0, 0.05) is 12.0 Å². The molecule has 1 heterocycles. The first-order valence-corrected chi connectivity index (χ1v) is 6.11. The van der Waals surface area contributed by atoms with Gasteiger partial charge in [0.05, 0.1) is 6.04 Å². The third kappa shape index (κ3) is 2.19. The van der Waals surface area contributed by atoms with Gasteiger partial charge in [-0.3, -0.25) is 4.79 Å². The molecule has 0 radical (unpaired) electrons. The lowest BCUT2D eigenvalue weighted by Crippen LogP contribution is -2.20. The number of benzene rings is 1. The van der Waals surface area contributed by atoms with Crippen LogP contribution in [0.1, 0.15) is 11.6 Å². The third-order valence-electron chi connectivity index (χ3n) is 2.48. The molecule has 1 fully saturated rings. The van der Waals surface area contributed by atoms with Crippen LogP contribution in [-0.2, 0) is 0 Å². The van der Waals surface area contributed by atoms with E-state index in [0.717, 1.165) is 5.75 Å². The second-order valence-corrected chi connectivity index (χ2v) is 4.46. The van der Waals surface area contributed by atoms with Crippen molar-refractivity contribution >= 4 is 17.0 Å². The number of allylic oxidation sites excluding steroid dienone is 2. The van der Waals surface area contributed by atoms with Crippen LogP contribution in [0.25, 0.3) is 0 Å². The first-order valence-electron chi connectivity index (χ1n) is 5.12. The van der Waals surface area contributed by atoms with E-state index in [1.54, 1.807) is 23.3 Å². The van der Waals surface area contributed by atoms with Crippen molar-refractivity contribution < 1.29 is 4.79 Å². The van der Waals surface area contributed by atoms with Crippen LogP contribution in [0.5, 0.6) is 0 Å². The zero-order chi connectivity index (χ0) is 11.4. The lowest BCUT2D eigenvalue weighted by molar-refractivity contribution is 0.233. The van der Waals surface area contributed by atoms with Crippen molar-refractivity contribution in [1.82, 2.24) is 4.90 Å². The smallest absolute Gasteiger partial charge is 0.286 e. The molecule has 0 bridgehead atoms. The Balaban J connectivity index is 2.24. The summed E-state index contributed by atoms with van der Waals surface area (Å²) in [7, 11) is 0. The summed E-state index contributed by atoms with van der Waals surface area (Å²) in [6.07, 6.45) is 5.27. The average Bonchev–Trinajstić information content (AvgIpc) is 2.69. The van der Waals surface area contributed by atoms with Crippen molar-refractivity contribution in [2.75, 3.05) is 5.75 Å². The average molecular weight is 231 g/mol. The lowest BCUT2D eigenvalue weighted by Gasteiger charge is -2.19. The summed E-state index contributed by atoms with van der Waals surface area (Å²) in [5.74, 6) is 0.810. The van der Waals surface area contributed by atoms with Gasteiger partial charge in [0.1, 0.15) is 0 Å². The summed E-state index contributed by atoms with van der Waals surface area (Å²) in [6.45, 7) is 3.61. The highest BCUT2D eigenvalue weighted by Gasteiger charge is 2.30. The first-order chi connectivity index (χ1) is 7.83. The Morgan fingerprint density at radius 2 is 2.12 bits per heavy atom. The molecule has 1 saturated heterocycles. The van der Waals surface area contributed by atoms with E-state index in [4.69, 9.17) is 0 Å². The first kappa shape index (κ1) is 11.0. The summed E-state index contributed by atoms with van der Waals surface area (Å²) in [4.78, 5) is 13.4. The van der Waals surface area contributed by atoms with Gasteiger partial charge in [-0.1, -0.05) is 54.7 Å². The molecule has 3 heteroatoms. The van der Waals surface area contributed by atoms with Gasteiger partial charge in [-0.05, 0) is 11.6 Å². The minimum atomic E-state index is 0.104. The van der Waals surface area contributed by atoms with Crippen LogP contribution in [-0.4, -0.2) is 15.9 Å². The maximum atomic E-state index is 11.7. The molecule has 1 aromatic carbocycles. The van der Waals surface area contributed by atoms with Crippen molar-refractivity contribution in [3.63, 3.8) is 0 Å². The van der Waals surface area contributed by atoms with Gasteiger partial charge >= 0.3 is 0 Å². The summed E-state index contributed by atoms with van der Waals surface area (Å²) in [5.41, 5.74) is 1.18. The molecule has 0 N–H and O–H groups in total. The van der Waals surface area contributed by atoms with Gasteiger partial charge in [-0.25, -0.2) is 0 Å². The Morgan fingerprint density at radius 3 is 2.81 bits per heavy atom. The lowest BCUT2D eigenvalue weighted by atomic mass is 10.1. The SMILES string of the molecule is C=C/C=C\N1C(=O)SC[C@@H]1c1ccccc1. The molecule has 1 aromatic rings. The number of thioether (sulfide) groups is 1. The molecule has 0 spiro atoms. The highest BCUT2D eigenvalue weighted by molar-refractivity contribution is 8.13. The molecule has 82 valence electrons. The van der Waals surface area contributed by atoms with E-state index < -0.39 is 0 Å². The summed E-state index contributed by atoms with van der Waals surface area (Å²) in [5, 5.41) is 0.104. The Labute approximate surface area is 99.6 Å². The molecule has 16 heavy (non-hydrogen) atoms. The highest BCUT2D eigenvalue weighted by atomic mass is 32.2. The fourth-order valence-electron chi connectivity index (χ4n) is 1.68. The Hall–Kier alpha value is -1.48. The minimum absolute atomic E-state index is 0.104. The predicted octanol–water partition coefficient (Wildman–Crippen LogP) is 3.60. The molecule has 1 aliphatic heterocycles. The number of hydrogen-bond acceptors (Lipinski definition) is 2. The van der Waals surface area contributed by atoms with E-state index in [-0.39, 0.29) is 11.3 Å². The van der Waals surface area contributed by atoms with Gasteiger partial charge in [0.15, 0.2) is 0 Å². The molecular formula is C13H13NOS. The summed E-state index contributed by atoms with van der Waals surface area (Å²) >= 11 is 1.36. The topological polar surface area (TPSA) is 20.3 Å². The number of amides is 1. The molecule has 1 amide bonds. The molecule has 1 aliphatic rings. The van der Waals surface area contributed by atoms with Crippen molar-refractivity contribution in [1.29, 1.82) is 0 Å². The van der Waals surface area contributed by atoms with E-state index in [9.17, 15) is 4.79 Å². The monoisotopic (exact) mass is 231 g/mol. The molecule has 0 aromatic heterocycles. The van der Waals surface area contributed by atoms with E-state index >= 15 is 0 Å². The van der Waals surface area contributed by atoms with E-state index in [0.29, 0.717) is 0 Å². The summed E-state index contributed by atoms with van der Waals surface area (Å²) < 4.78 is 0. The maximum absolute atomic E-state index is 11.7. The summed E-state index contributed by atoms with van der Waals surface area (Å²) in [6, 6.07) is 10.2. The normalized spacial score (nSPS) is 20.6. The molecule has 1 atom stereocenters. The Kier molecular flexibility index (Phi) is 3.47. The number of carbonyl (C=O) groups is 1. The van der Waals surface area contributed by atoms with Crippen LogP contribution in [0, 0.1) is 0 Å². The standard InChI is InChI=1S/C13H13NOS/c1-2-3-9-14-12(10-16-13(14)15)11-7-5-4-6-8-11/h2-9,12H,1,10H2/b9-3-/t12-/m1/s1. The van der Waals surface area contributed by atoms with Crippen molar-refractivity contribution in [3.8, 4) is 0 Å². The van der Waals surface area contributed by atoms with Crippen molar-refractivity contribution in [2.24, 2.45) is 0 Å². The van der Waals surface area contributed by atoms with E-state index in [1.807, 2.05) is 18.2 Å². The third-order valence-corrected chi connectivity index (χ3v) is 3.42. The van der Waals surface area contributed by atoms with Gasteiger partial charge < -0.3 is 4.90 Å². The van der Waals surface area contributed by atoms with Gasteiger partial charge in [-0.2, -0.15) is 0 Å². The fraction of sp³-hybridized carbons (Fsp3) is 0.154. The van der Waals surface area contributed by atoms with Crippen molar-refractivity contribution in [2.45, 2.75) is 6.04 Å². The van der Waals surface area contributed by atoms with E-state index in [1.165, 1.54) is 17.3 Å². The second-order valence-electron chi connectivity index (χ2n) is 3.49. The number of rotatable bonds is 3. The van der Waals surface area contributed by atoms with Crippen LogP contribution < -0.4 is 0 Å². The number of carbonyl (C=O) groups excluding carboxylic acids is 1.